The number of rotatable bonds is 8. The number of nitrogens with zero attached hydrogens (tertiary/aromatic N) is 1. The van der Waals surface area contributed by atoms with E-state index in [9.17, 15) is 10.1 Å². The number of ether oxygens (including phenoxy) is 2. The SMILES string of the molecule is COc1cc(CNC2CC2)ccc1OCc1ccc([N+](=O)[O-])cc1. The highest BCUT2D eigenvalue weighted by Crippen LogP contribution is 2.29. The quantitative estimate of drug-likeness (QED) is 0.593. The highest BCUT2D eigenvalue weighted by Gasteiger charge is 2.20. The van der Waals surface area contributed by atoms with Gasteiger partial charge in [-0.1, -0.05) is 6.07 Å². The largest absolute Gasteiger partial charge is 0.493 e. The Labute approximate surface area is 140 Å². The van der Waals surface area contributed by atoms with Gasteiger partial charge in [-0.15, -0.1) is 0 Å². The molecule has 2 aromatic rings. The van der Waals surface area contributed by atoms with Crippen LogP contribution in [0.4, 0.5) is 5.69 Å². The standard InChI is InChI=1S/C18H20N2O4/c1-23-18-10-14(11-19-15-5-6-15)4-9-17(18)24-12-13-2-7-16(8-3-13)20(21)22/h2-4,7-10,15,19H,5-6,11-12H2,1H3. The number of benzene rings is 2. The van der Waals surface area contributed by atoms with E-state index in [0.717, 1.165) is 17.7 Å². The Bertz CT molecular complexity index is 711. The third-order valence-corrected chi connectivity index (χ3v) is 3.94. The molecule has 3 rings (SSSR count). The Balaban J connectivity index is 1.61. The lowest BCUT2D eigenvalue weighted by molar-refractivity contribution is -0.384. The molecule has 6 nitrogen and oxygen atoms in total. The second-order valence-electron chi connectivity index (χ2n) is 5.85. The molecule has 0 saturated heterocycles. The van der Waals surface area contributed by atoms with Crippen molar-refractivity contribution < 1.29 is 14.4 Å². The number of hydrogen-bond acceptors (Lipinski definition) is 5. The maximum Gasteiger partial charge on any atom is 0.269 e. The van der Waals surface area contributed by atoms with Crippen LogP contribution in [0, 0.1) is 10.1 Å². The smallest absolute Gasteiger partial charge is 0.269 e. The Morgan fingerprint density at radius 1 is 1.12 bits per heavy atom. The molecule has 24 heavy (non-hydrogen) atoms. The van der Waals surface area contributed by atoms with Gasteiger partial charge in [0.1, 0.15) is 6.61 Å². The molecule has 1 N–H and O–H groups in total. The first-order chi connectivity index (χ1) is 11.7. The van der Waals surface area contributed by atoms with Crippen LogP contribution in [0.2, 0.25) is 0 Å². The molecule has 0 radical (unpaired) electrons. The molecule has 0 aliphatic heterocycles. The molecule has 1 aliphatic rings. The van der Waals surface area contributed by atoms with Crippen molar-refractivity contribution in [1.82, 2.24) is 5.32 Å². The lowest BCUT2D eigenvalue weighted by Gasteiger charge is -2.12. The van der Waals surface area contributed by atoms with E-state index in [2.05, 4.69) is 5.32 Å². The van der Waals surface area contributed by atoms with Crippen molar-refractivity contribution in [3.8, 4) is 11.5 Å². The van der Waals surface area contributed by atoms with Gasteiger partial charge in [-0.2, -0.15) is 0 Å². The highest BCUT2D eigenvalue weighted by molar-refractivity contribution is 5.43. The number of hydrogen-bond donors (Lipinski definition) is 1. The van der Waals surface area contributed by atoms with Crippen molar-refractivity contribution in [2.45, 2.75) is 32.0 Å². The zero-order chi connectivity index (χ0) is 16.9. The fourth-order valence-electron chi connectivity index (χ4n) is 2.37. The van der Waals surface area contributed by atoms with Gasteiger partial charge >= 0.3 is 0 Å². The van der Waals surface area contributed by atoms with E-state index in [4.69, 9.17) is 9.47 Å². The number of nitro benzene ring substituents is 1. The molecule has 126 valence electrons. The van der Waals surface area contributed by atoms with E-state index in [1.807, 2.05) is 18.2 Å². The van der Waals surface area contributed by atoms with Gasteiger partial charge in [0.25, 0.3) is 5.69 Å². The van der Waals surface area contributed by atoms with Crippen molar-refractivity contribution >= 4 is 5.69 Å². The minimum absolute atomic E-state index is 0.0730. The normalized spacial score (nSPS) is 13.5. The average Bonchev–Trinajstić information content (AvgIpc) is 3.43. The monoisotopic (exact) mass is 328 g/mol. The number of methoxy groups -OCH3 is 1. The Morgan fingerprint density at radius 2 is 1.83 bits per heavy atom. The van der Waals surface area contributed by atoms with E-state index < -0.39 is 4.92 Å². The maximum absolute atomic E-state index is 10.7. The van der Waals surface area contributed by atoms with E-state index in [0.29, 0.717) is 24.1 Å². The van der Waals surface area contributed by atoms with Gasteiger partial charge in [-0.3, -0.25) is 10.1 Å². The first kappa shape index (κ1) is 16.3. The van der Waals surface area contributed by atoms with Gasteiger partial charge in [-0.25, -0.2) is 0 Å². The Hall–Kier alpha value is -2.60. The Kier molecular flexibility index (Phi) is 4.96. The summed E-state index contributed by atoms with van der Waals surface area (Å²) in [6.45, 7) is 1.15. The van der Waals surface area contributed by atoms with E-state index in [-0.39, 0.29) is 5.69 Å². The van der Waals surface area contributed by atoms with Crippen molar-refractivity contribution in [1.29, 1.82) is 0 Å². The van der Waals surface area contributed by atoms with Crippen molar-refractivity contribution in [3.63, 3.8) is 0 Å². The van der Waals surface area contributed by atoms with Crippen molar-refractivity contribution in [3.05, 3.63) is 63.7 Å². The van der Waals surface area contributed by atoms with Gasteiger partial charge < -0.3 is 14.8 Å². The van der Waals surface area contributed by atoms with E-state index in [1.54, 1.807) is 19.2 Å². The second-order valence-corrected chi connectivity index (χ2v) is 5.85. The zero-order valence-corrected chi connectivity index (χ0v) is 13.5. The lowest BCUT2D eigenvalue weighted by Crippen LogP contribution is -2.15. The summed E-state index contributed by atoms with van der Waals surface area (Å²) in [7, 11) is 1.62. The highest BCUT2D eigenvalue weighted by atomic mass is 16.6. The van der Waals surface area contributed by atoms with Crippen LogP contribution in [0.5, 0.6) is 11.5 Å². The van der Waals surface area contributed by atoms with Gasteiger partial charge in [0.05, 0.1) is 12.0 Å². The molecule has 0 aromatic heterocycles. The molecule has 0 amide bonds. The van der Waals surface area contributed by atoms with Crippen LogP contribution in [0.1, 0.15) is 24.0 Å². The van der Waals surface area contributed by atoms with Crippen LogP contribution in [0.25, 0.3) is 0 Å². The summed E-state index contributed by atoms with van der Waals surface area (Å²) >= 11 is 0. The van der Waals surface area contributed by atoms with Gasteiger partial charge in [0, 0.05) is 24.7 Å². The third-order valence-electron chi connectivity index (χ3n) is 3.94. The molecule has 1 aliphatic carbocycles. The summed E-state index contributed by atoms with van der Waals surface area (Å²) in [6.07, 6.45) is 2.52. The topological polar surface area (TPSA) is 73.6 Å². The van der Waals surface area contributed by atoms with Crippen LogP contribution in [0.15, 0.2) is 42.5 Å². The molecule has 2 aromatic carbocycles. The molecular formula is C18H20N2O4. The number of nitrogens with one attached hydrogen (secondary N) is 1. The number of nitro groups is 1. The lowest BCUT2D eigenvalue weighted by atomic mass is 10.2. The van der Waals surface area contributed by atoms with Gasteiger partial charge in [0.2, 0.25) is 0 Å². The van der Waals surface area contributed by atoms with E-state index >= 15 is 0 Å². The van der Waals surface area contributed by atoms with Crippen molar-refractivity contribution in [2.75, 3.05) is 7.11 Å². The first-order valence-corrected chi connectivity index (χ1v) is 7.92. The fraction of sp³-hybridized carbons (Fsp3) is 0.333. The fourth-order valence-corrected chi connectivity index (χ4v) is 2.37. The van der Waals surface area contributed by atoms with Gasteiger partial charge in [0.15, 0.2) is 11.5 Å². The summed E-state index contributed by atoms with van der Waals surface area (Å²) in [5.74, 6) is 1.35. The van der Waals surface area contributed by atoms with Gasteiger partial charge in [-0.05, 0) is 48.2 Å². The van der Waals surface area contributed by atoms with E-state index in [1.165, 1.54) is 25.0 Å². The third kappa shape index (κ3) is 4.23. The number of non-ortho nitro benzene ring substituents is 1. The Morgan fingerprint density at radius 3 is 2.46 bits per heavy atom. The predicted octanol–water partition coefficient (Wildman–Crippen LogP) is 3.43. The van der Waals surface area contributed by atoms with Crippen LogP contribution in [-0.2, 0) is 13.2 Å². The molecule has 0 spiro atoms. The summed E-state index contributed by atoms with van der Waals surface area (Å²) in [6, 6.07) is 12.9. The molecular weight excluding hydrogens is 308 g/mol. The summed E-state index contributed by atoms with van der Waals surface area (Å²) in [5, 5.41) is 14.1. The molecule has 1 saturated carbocycles. The second kappa shape index (κ2) is 7.31. The van der Waals surface area contributed by atoms with Crippen molar-refractivity contribution in [2.24, 2.45) is 0 Å². The predicted molar refractivity (Wildman–Crippen MR) is 90.3 cm³/mol. The zero-order valence-electron chi connectivity index (χ0n) is 13.5. The van der Waals surface area contributed by atoms with Crippen LogP contribution < -0.4 is 14.8 Å². The molecule has 1 fully saturated rings. The molecule has 0 bridgehead atoms. The minimum Gasteiger partial charge on any atom is -0.493 e. The summed E-state index contributed by atoms with van der Waals surface area (Å²) in [4.78, 5) is 10.2. The van der Waals surface area contributed by atoms with Crippen LogP contribution in [-0.4, -0.2) is 18.1 Å². The maximum atomic E-state index is 10.7. The summed E-state index contributed by atoms with van der Waals surface area (Å²) < 4.78 is 11.2. The molecule has 0 unspecified atom stereocenters. The molecule has 0 atom stereocenters. The molecule has 6 heteroatoms. The molecule has 0 heterocycles. The minimum atomic E-state index is -0.415. The average molecular weight is 328 g/mol. The van der Waals surface area contributed by atoms with Crippen LogP contribution >= 0.6 is 0 Å². The summed E-state index contributed by atoms with van der Waals surface area (Å²) in [5.41, 5.74) is 2.09. The first-order valence-electron chi connectivity index (χ1n) is 7.92. The van der Waals surface area contributed by atoms with Crippen LogP contribution in [0.3, 0.4) is 0 Å².